The van der Waals surface area contributed by atoms with Crippen LogP contribution in [-0.4, -0.2) is 19.4 Å². The maximum atomic E-state index is 12.1. The molecule has 1 fully saturated rings. The molecule has 0 bridgehead atoms. The average molecular weight is 305 g/mol. The van der Waals surface area contributed by atoms with E-state index in [9.17, 15) is 18.5 Å². The molecule has 7 nitrogen and oxygen atoms in total. The molecule has 9 heteroatoms. The lowest BCUT2D eigenvalue weighted by Gasteiger charge is -2.12. The van der Waals surface area contributed by atoms with Gasteiger partial charge in [-0.1, -0.05) is 24.2 Å². The van der Waals surface area contributed by atoms with E-state index in [2.05, 4.69) is 4.72 Å². The van der Waals surface area contributed by atoms with Gasteiger partial charge in [0.15, 0.2) is 5.00 Å². The SMILES string of the molecule is CC(CC1CC1)NS(=O)(=O)c1cc([N+](=O)[O-])c(N)s1. The van der Waals surface area contributed by atoms with Crippen LogP contribution in [0.25, 0.3) is 0 Å². The molecule has 1 atom stereocenters. The standard InChI is InChI=1S/C10H15N3O4S2/c1-6(4-7-2-3-7)12-19(16,17)9-5-8(13(14)15)10(11)18-9/h5-7,12H,2-4,11H2,1H3. The summed E-state index contributed by atoms with van der Waals surface area (Å²) in [4.78, 5) is 9.97. The smallest absolute Gasteiger partial charge is 0.304 e. The summed E-state index contributed by atoms with van der Waals surface area (Å²) in [6.07, 6.45) is 3.08. The molecular weight excluding hydrogens is 290 g/mol. The van der Waals surface area contributed by atoms with Crippen LogP contribution in [0.15, 0.2) is 10.3 Å². The number of nitrogens with one attached hydrogen (secondary N) is 1. The lowest BCUT2D eigenvalue weighted by Crippen LogP contribution is -2.32. The second-order valence-electron chi connectivity index (χ2n) is 4.77. The van der Waals surface area contributed by atoms with Crippen molar-refractivity contribution in [2.75, 3.05) is 5.73 Å². The van der Waals surface area contributed by atoms with Crippen molar-refractivity contribution in [1.29, 1.82) is 0 Å². The molecule has 1 aliphatic rings. The highest BCUT2D eigenvalue weighted by molar-refractivity contribution is 7.91. The van der Waals surface area contributed by atoms with Gasteiger partial charge >= 0.3 is 5.69 Å². The van der Waals surface area contributed by atoms with Gasteiger partial charge in [0.1, 0.15) is 4.21 Å². The Kier molecular flexibility index (Phi) is 3.79. The number of hydrogen-bond donors (Lipinski definition) is 2. The van der Waals surface area contributed by atoms with Crippen LogP contribution in [0.4, 0.5) is 10.7 Å². The zero-order valence-electron chi connectivity index (χ0n) is 10.3. The van der Waals surface area contributed by atoms with Crippen LogP contribution in [0, 0.1) is 16.0 Å². The molecule has 3 N–H and O–H groups in total. The number of nitrogens with zero attached hydrogens (tertiary/aromatic N) is 1. The van der Waals surface area contributed by atoms with Crippen molar-refractivity contribution in [3.8, 4) is 0 Å². The molecule has 1 saturated carbocycles. The van der Waals surface area contributed by atoms with E-state index in [1.807, 2.05) is 0 Å². The molecule has 0 spiro atoms. The molecule has 1 unspecified atom stereocenters. The molecule has 2 rings (SSSR count). The highest BCUT2D eigenvalue weighted by Gasteiger charge is 2.29. The lowest BCUT2D eigenvalue weighted by atomic mass is 10.2. The number of rotatable bonds is 6. The third-order valence-electron chi connectivity index (χ3n) is 2.92. The monoisotopic (exact) mass is 305 g/mol. The summed E-state index contributed by atoms with van der Waals surface area (Å²) < 4.78 is 26.5. The largest absolute Gasteiger partial charge is 0.385 e. The molecule has 0 aromatic carbocycles. The highest BCUT2D eigenvalue weighted by atomic mass is 32.2. The lowest BCUT2D eigenvalue weighted by molar-refractivity contribution is -0.383. The number of nitro groups is 1. The maximum Gasteiger partial charge on any atom is 0.304 e. The highest BCUT2D eigenvalue weighted by Crippen LogP contribution is 2.36. The van der Waals surface area contributed by atoms with Gasteiger partial charge in [-0.2, -0.15) is 0 Å². The summed E-state index contributed by atoms with van der Waals surface area (Å²) in [5, 5.41) is 10.6. The van der Waals surface area contributed by atoms with Crippen molar-refractivity contribution in [3.63, 3.8) is 0 Å². The van der Waals surface area contributed by atoms with Crippen LogP contribution in [-0.2, 0) is 10.0 Å². The zero-order chi connectivity index (χ0) is 14.2. The first-order valence-electron chi connectivity index (χ1n) is 5.85. The molecule has 1 aliphatic carbocycles. The van der Waals surface area contributed by atoms with E-state index in [0.717, 1.165) is 25.3 Å². The van der Waals surface area contributed by atoms with Crippen LogP contribution < -0.4 is 10.5 Å². The van der Waals surface area contributed by atoms with Crippen LogP contribution in [0.2, 0.25) is 0 Å². The van der Waals surface area contributed by atoms with Crippen molar-refractivity contribution in [3.05, 3.63) is 16.2 Å². The Morgan fingerprint density at radius 3 is 2.74 bits per heavy atom. The fraction of sp³-hybridized carbons (Fsp3) is 0.600. The molecule has 0 aliphatic heterocycles. The molecule has 1 aromatic rings. The number of hydrogen-bond acceptors (Lipinski definition) is 6. The van der Waals surface area contributed by atoms with Gasteiger partial charge < -0.3 is 5.73 Å². The van der Waals surface area contributed by atoms with Crippen molar-refractivity contribution >= 4 is 32.0 Å². The zero-order valence-corrected chi connectivity index (χ0v) is 12.0. The van der Waals surface area contributed by atoms with Crippen LogP contribution in [0.3, 0.4) is 0 Å². The Balaban J connectivity index is 2.14. The molecule has 19 heavy (non-hydrogen) atoms. The van der Waals surface area contributed by atoms with Gasteiger partial charge in [-0.15, -0.1) is 0 Å². The first-order valence-corrected chi connectivity index (χ1v) is 8.15. The molecule has 0 amide bonds. The molecule has 1 heterocycles. The summed E-state index contributed by atoms with van der Waals surface area (Å²) >= 11 is 0.712. The Hall–Kier alpha value is -1.19. The normalized spacial score (nSPS) is 17.3. The molecular formula is C10H15N3O4S2. The number of nitrogens with two attached hydrogens (primary N) is 1. The van der Waals surface area contributed by atoms with E-state index >= 15 is 0 Å². The van der Waals surface area contributed by atoms with Gasteiger partial charge in [0, 0.05) is 12.1 Å². The number of sulfonamides is 1. The number of nitrogen functional groups attached to an aromatic ring is 1. The van der Waals surface area contributed by atoms with Crippen LogP contribution in [0.1, 0.15) is 26.2 Å². The Bertz CT molecular complexity index is 592. The first-order chi connectivity index (χ1) is 8.79. The Morgan fingerprint density at radius 1 is 1.63 bits per heavy atom. The topological polar surface area (TPSA) is 115 Å². The second kappa shape index (κ2) is 5.06. The van der Waals surface area contributed by atoms with E-state index in [1.165, 1.54) is 0 Å². The third kappa shape index (κ3) is 3.43. The quantitative estimate of drug-likeness (QED) is 0.613. The van der Waals surface area contributed by atoms with Crippen molar-refractivity contribution in [2.24, 2.45) is 5.92 Å². The van der Waals surface area contributed by atoms with E-state index in [4.69, 9.17) is 5.73 Å². The Labute approximate surface area is 115 Å². The van der Waals surface area contributed by atoms with Gasteiger partial charge in [-0.25, -0.2) is 13.1 Å². The molecule has 0 saturated heterocycles. The predicted molar refractivity (Wildman–Crippen MR) is 72.5 cm³/mol. The number of thiophene rings is 1. The van der Waals surface area contributed by atoms with Gasteiger partial charge in [-0.05, 0) is 19.3 Å². The third-order valence-corrected chi connectivity index (χ3v) is 5.94. The van der Waals surface area contributed by atoms with Gasteiger partial charge in [0.2, 0.25) is 0 Å². The van der Waals surface area contributed by atoms with Gasteiger partial charge in [0.05, 0.1) is 4.92 Å². The summed E-state index contributed by atoms with van der Waals surface area (Å²) in [5.41, 5.74) is 5.08. The minimum atomic E-state index is -3.73. The molecule has 106 valence electrons. The average Bonchev–Trinajstić information content (AvgIpc) is 2.96. The molecule has 1 aromatic heterocycles. The fourth-order valence-corrected chi connectivity index (χ4v) is 4.36. The summed E-state index contributed by atoms with van der Waals surface area (Å²) in [5.74, 6) is 0.598. The summed E-state index contributed by atoms with van der Waals surface area (Å²) in [7, 11) is -3.73. The second-order valence-corrected chi connectivity index (χ2v) is 7.80. The summed E-state index contributed by atoms with van der Waals surface area (Å²) in [6, 6.07) is 0.825. The van der Waals surface area contributed by atoms with Crippen molar-refractivity contribution < 1.29 is 13.3 Å². The minimum absolute atomic E-state index is 0.0970. The predicted octanol–water partition coefficient (Wildman–Crippen LogP) is 1.71. The minimum Gasteiger partial charge on any atom is -0.385 e. The van der Waals surface area contributed by atoms with Gasteiger partial charge in [-0.3, -0.25) is 10.1 Å². The maximum absolute atomic E-state index is 12.1. The van der Waals surface area contributed by atoms with Gasteiger partial charge in [0.25, 0.3) is 10.0 Å². The fourth-order valence-electron chi connectivity index (χ4n) is 1.87. The summed E-state index contributed by atoms with van der Waals surface area (Å²) in [6.45, 7) is 1.79. The van der Waals surface area contributed by atoms with E-state index in [1.54, 1.807) is 6.92 Å². The van der Waals surface area contributed by atoms with Crippen LogP contribution >= 0.6 is 11.3 Å². The Morgan fingerprint density at radius 2 is 2.26 bits per heavy atom. The van der Waals surface area contributed by atoms with Crippen LogP contribution in [0.5, 0.6) is 0 Å². The van der Waals surface area contributed by atoms with Crippen molar-refractivity contribution in [1.82, 2.24) is 4.72 Å². The van der Waals surface area contributed by atoms with E-state index in [-0.39, 0.29) is 20.9 Å². The molecule has 0 radical (unpaired) electrons. The van der Waals surface area contributed by atoms with E-state index in [0.29, 0.717) is 17.3 Å². The first kappa shape index (κ1) is 14.2. The number of anilines is 1. The van der Waals surface area contributed by atoms with E-state index < -0.39 is 14.9 Å². The van der Waals surface area contributed by atoms with Crippen molar-refractivity contribution in [2.45, 2.75) is 36.4 Å².